The molecule has 1 aromatic carbocycles. The van der Waals surface area contributed by atoms with Crippen molar-refractivity contribution in [3.63, 3.8) is 0 Å². The van der Waals surface area contributed by atoms with Crippen LogP contribution in [0.2, 0.25) is 5.02 Å². The lowest BCUT2D eigenvalue weighted by atomic mass is 10.1. The van der Waals surface area contributed by atoms with Gasteiger partial charge in [-0.2, -0.15) is 0 Å². The molecule has 0 saturated heterocycles. The number of hydrogen-bond acceptors (Lipinski definition) is 3. The largest absolute Gasteiger partial charge is 0.481 e. The van der Waals surface area contributed by atoms with Crippen molar-refractivity contribution in [1.82, 2.24) is 0 Å². The molecular formula is C13H17ClN2O3. The van der Waals surface area contributed by atoms with Crippen LogP contribution in [0.15, 0.2) is 18.2 Å². The van der Waals surface area contributed by atoms with E-state index in [0.29, 0.717) is 22.7 Å². The fourth-order valence-corrected chi connectivity index (χ4v) is 1.92. The quantitative estimate of drug-likeness (QED) is 0.717. The first-order valence-corrected chi connectivity index (χ1v) is 6.35. The molecule has 4 N–H and O–H groups in total. The Morgan fingerprint density at radius 3 is 2.68 bits per heavy atom. The van der Waals surface area contributed by atoms with Crippen molar-refractivity contribution in [3.05, 3.63) is 28.8 Å². The Morgan fingerprint density at radius 2 is 2.16 bits per heavy atom. The van der Waals surface area contributed by atoms with E-state index in [1.165, 1.54) is 6.07 Å². The second-order valence-electron chi connectivity index (χ2n) is 4.39. The van der Waals surface area contributed by atoms with Crippen LogP contribution in [0.4, 0.5) is 5.69 Å². The minimum absolute atomic E-state index is 0.0938. The Hall–Kier alpha value is -1.75. The fraction of sp³-hybridized carbons (Fsp3) is 0.385. The number of carboxylic acid groups (broad SMARTS) is 1. The molecule has 0 spiro atoms. The summed E-state index contributed by atoms with van der Waals surface area (Å²) in [4.78, 5) is 21.4. The molecule has 1 rings (SSSR count). The van der Waals surface area contributed by atoms with Gasteiger partial charge in [0, 0.05) is 18.0 Å². The molecule has 1 amide bonds. The number of primary amides is 1. The van der Waals surface area contributed by atoms with Gasteiger partial charge in [0.15, 0.2) is 0 Å². The lowest BCUT2D eigenvalue weighted by Gasteiger charge is -2.16. The van der Waals surface area contributed by atoms with E-state index >= 15 is 0 Å². The Bertz CT molecular complexity index is 477. The molecule has 0 bridgehead atoms. The molecule has 0 saturated carbocycles. The van der Waals surface area contributed by atoms with Gasteiger partial charge in [0.05, 0.1) is 10.7 Å². The van der Waals surface area contributed by atoms with Gasteiger partial charge in [0.25, 0.3) is 0 Å². The summed E-state index contributed by atoms with van der Waals surface area (Å²) in [5, 5.41) is 12.1. The van der Waals surface area contributed by atoms with Gasteiger partial charge in [0.2, 0.25) is 5.91 Å². The molecule has 19 heavy (non-hydrogen) atoms. The first-order valence-electron chi connectivity index (χ1n) is 5.98. The SMILES string of the molecule is CC(CCCC(=O)O)Nc1ccc(C(N)=O)cc1Cl. The van der Waals surface area contributed by atoms with E-state index in [0.717, 1.165) is 6.42 Å². The molecule has 0 fully saturated rings. The van der Waals surface area contributed by atoms with Crippen LogP contribution < -0.4 is 11.1 Å². The Kier molecular flexibility index (Phi) is 5.63. The molecular weight excluding hydrogens is 268 g/mol. The van der Waals surface area contributed by atoms with E-state index < -0.39 is 11.9 Å². The summed E-state index contributed by atoms with van der Waals surface area (Å²) < 4.78 is 0. The summed E-state index contributed by atoms with van der Waals surface area (Å²) in [6, 6.07) is 4.89. The van der Waals surface area contributed by atoms with Gasteiger partial charge in [-0.05, 0) is 38.0 Å². The topological polar surface area (TPSA) is 92.4 Å². The lowest BCUT2D eigenvalue weighted by Crippen LogP contribution is -2.16. The van der Waals surface area contributed by atoms with Crippen molar-refractivity contribution in [1.29, 1.82) is 0 Å². The summed E-state index contributed by atoms with van der Waals surface area (Å²) in [5.41, 5.74) is 6.21. The average Bonchev–Trinajstić information content (AvgIpc) is 2.31. The number of nitrogens with one attached hydrogen (secondary N) is 1. The van der Waals surface area contributed by atoms with Crippen LogP contribution in [-0.2, 0) is 4.79 Å². The highest BCUT2D eigenvalue weighted by Crippen LogP contribution is 2.24. The molecule has 1 aromatic rings. The average molecular weight is 285 g/mol. The molecule has 1 atom stereocenters. The number of benzene rings is 1. The maximum absolute atomic E-state index is 11.0. The van der Waals surface area contributed by atoms with Crippen LogP contribution in [0.3, 0.4) is 0 Å². The van der Waals surface area contributed by atoms with Gasteiger partial charge in [0.1, 0.15) is 0 Å². The molecule has 5 nitrogen and oxygen atoms in total. The number of rotatable bonds is 7. The van der Waals surface area contributed by atoms with Crippen molar-refractivity contribution in [3.8, 4) is 0 Å². The zero-order valence-electron chi connectivity index (χ0n) is 10.6. The van der Waals surface area contributed by atoms with E-state index in [1.807, 2.05) is 6.92 Å². The van der Waals surface area contributed by atoms with Gasteiger partial charge >= 0.3 is 5.97 Å². The van der Waals surface area contributed by atoms with Crippen LogP contribution in [-0.4, -0.2) is 23.0 Å². The van der Waals surface area contributed by atoms with Crippen LogP contribution >= 0.6 is 11.6 Å². The highest BCUT2D eigenvalue weighted by molar-refractivity contribution is 6.33. The number of carboxylic acids is 1. The van der Waals surface area contributed by atoms with Crippen molar-refractivity contribution in [2.75, 3.05) is 5.32 Å². The van der Waals surface area contributed by atoms with Crippen LogP contribution in [0, 0.1) is 0 Å². The van der Waals surface area contributed by atoms with Crippen LogP contribution in [0.5, 0.6) is 0 Å². The maximum atomic E-state index is 11.0. The second-order valence-corrected chi connectivity index (χ2v) is 4.80. The van der Waals surface area contributed by atoms with Crippen LogP contribution in [0.25, 0.3) is 0 Å². The van der Waals surface area contributed by atoms with Crippen molar-refractivity contribution in [2.24, 2.45) is 5.73 Å². The Balaban J connectivity index is 2.57. The number of carbonyl (C=O) groups excluding carboxylic acids is 1. The Morgan fingerprint density at radius 1 is 1.47 bits per heavy atom. The third kappa shape index (κ3) is 5.18. The Labute approximate surface area is 116 Å². The molecule has 0 aliphatic carbocycles. The fourth-order valence-electron chi connectivity index (χ4n) is 1.68. The lowest BCUT2D eigenvalue weighted by molar-refractivity contribution is -0.137. The molecule has 0 heterocycles. The number of halogens is 1. The van der Waals surface area contributed by atoms with Crippen molar-refractivity contribution >= 4 is 29.2 Å². The third-order valence-electron chi connectivity index (χ3n) is 2.68. The molecule has 104 valence electrons. The zero-order valence-corrected chi connectivity index (χ0v) is 11.4. The van der Waals surface area contributed by atoms with E-state index in [9.17, 15) is 9.59 Å². The predicted octanol–water partition coefficient (Wildman–Crippen LogP) is 2.49. The number of nitrogens with two attached hydrogens (primary N) is 1. The van der Waals surface area contributed by atoms with Gasteiger partial charge in [-0.25, -0.2) is 0 Å². The summed E-state index contributed by atoms with van der Waals surface area (Å²) in [6.07, 6.45) is 1.47. The van der Waals surface area contributed by atoms with E-state index in [2.05, 4.69) is 5.32 Å². The number of hydrogen-bond donors (Lipinski definition) is 3. The standard InChI is InChI=1S/C13H17ClN2O3/c1-8(3-2-4-12(17)18)16-11-6-5-9(13(15)19)7-10(11)14/h5-8,16H,2-4H2,1H3,(H2,15,19)(H,17,18). The summed E-state index contributed by atoms with van der Waals surface area (Å²) in [7, 11) is 0. The zero-order chi connectivity index (χ0) is 14.4. The van der Waals surface area contributed by atoms with E-state index in [1.54, 1.807) is 12.1 Å². The monoisotopic (exact) mass is 284 g/mol. The van der Waals surface area contributed by atoms with Crippen molar-refractivity contribution in [2.45, 2.75) is 32.2 Å². The van der Waals surface area contributed by atoms with Gasteiger partial charge < -0.3 is 16.2 Å². The highest BCUT2D eigenvalue weighted by atomic mass is 35.5. The number of aliphatic carboxylic acids is 1. The first kappa shape index (κ1) is 15.3. The summed E-state index contributed by atoms with van der Waals surface area (Å²) in [5.74, 6) is -1.32. The molecule has 6 heteroatoms. The summed E-state index contributed by atoms with van der Waals surface area (Å²) >= 11 is 6.04. The number of anilines is 1. The minimum Gasteiger partial charge on any atom is -0.481 e. The van der Waals surface area contributed by atoms with E-state index in [-0.39, 0.29) is 12.5 Å². The molecule has 0 aliphatic heterocycles. The minimum atomic E-state index is -0.795. The van der Waals surface area contributed by atoms with Crippen LogP contribution in [0.1, 0.15) is 36.5 Å². The number of amides is 1. The van der Waals surface area contributed by atoms with Gasteiger partial charge in [-0.15, -0.1) is 0 Å². The molecule has 1 unspecified atom stereocenters. The third-order valence-corrected chi connectivity index (χ3v) is 3.00. The molecule has 0 aromatic heterocycles. The molecule has 0 aliphatic rings. The first-order chi connectivity index (χ1) is 8.90. The summed E-state index contributed by atoms with van der Waals surface area (Å²) in [6.45, 7) is 1.94. The predicted molar refractivity (Wildman–Crippen MR) is 74.5 cm³/mol. The van der Waals surface area contributed by atoms with Gasteiger partial charge in [-0.1, -0.05) is 11.6 Å². The maximum Gasteiger partial charge on any atom is 0.303 e. The number of carbonyl (C=O) groups is 2. The second kappa shape index (κ2) is 6.99. The molecule has 0 radical (unpaired) electrons. The smallest absolute Gasteiger partial charge is 0.303 e. The van der Waals surface area contributed by atoms with Crippen molar-refractivity contribution < 1.29 is 14.7 Å². The normalized spacial score (nSPS) is 11.9. The van der Waals surface area contributed by atoms with Gasteiger partial charge in [-0.3, -0.25) is 9.59 Å². The van der Waals surface area contributed by atoms with E-state index in [4.69, 9.17) is 22.4 Å². The highest BCUT2D eigenvalue weighted by Gasteiger charge is 2.09.